The summed E-state index contributed by atoms with van der Waals surface area (Å²) < 4.78 is 0. The van der Waals surface area contributed by atoms with Gasteiger partial charge in [0.1, 0.15) is 5.78 Å². The highest BCUT2D eigenvalue weighted by Gasteiger charge is 2.32. The SMILES string of the molecule is CCCCC(=O)/C=C/C1CCC(=O)C1CCCCCCCC(=O)O. The van der Waals surface area contributed by atoms with Crippen LogP contribution in [-0.2, 0) is 14.4 Å². The Kier molecular flexibility index (Phi) is 10.3. The lowest BCUT2D eigenvalue weighted by Crippen LogP contribution is -2.13. The first kappa shape index (κ1) is 20.6. The van der Waals surface area contributed by atoms with Crippen molar-refractivity contribution < 1.29 is 19.5 Å². The van der Waals surface area contributed by atoms with Gasteiger partial charge in [0.25, 0.3) is 0 Å². The molecular weight excluding hydrogens is 304 g/mol. The van der Waals surface area contributed by atoms with E-state index in [0.717, 1.165) is 57.8 Å². The van der Waals surface area contributed by atoms with Gasteiger partial charge in [-0.25, -0.2) is 0 Å². The van der Waals surface area contributed by atoms with Gasteiger partial charge in [-0.2, -0.15) is 0 Å². The van der Waals surface area contributed by atoms with Crippen LogP contribution in [0.5, 0.6) is 0 Å². The van der Waals surface area contributed by atoms with Gasteiger partial charge in [-0.05, 0) is 37.7 Å². The van der Waals surface area contributed by atoms with Gasteiger partial charge in [-0.1, -0.05) is 45.1 Å². The third-order valence-corrected chi connectivity index (χ3v) is 4.87. The Morgan fingerprint density at radius 2 is 1.79 bits per heavy atom. The lowest BCUT2D eigenvalue weighted by molar-refractivity contribution is -0.137. The molecule has 0 bridgehead atoms. The minimum absolute atomic E-state index is 0.0826. The molecule has 4 nitrogen and oxygen atoms in total. The molecule has 0 spiro atoms. The fourth-order valence-corrected chi connectivity index (χ4v) is 3.38. The Balaban J connectivity index is 2.26. The Morgan fingerprint density at radius 1 is 1.08 bits per heavy atom. The summed E-state index contributed by atoms with van der Waals surface area (Å²) in [4.78, 5) is 34.2. The van der Waals surface area contributed by atoms with Crippen LogP contribution in [0.1, 0.15) is 84.0 Å². The zero-order valence-corrected chi connectivity index (χ0v) is 15.0. The molecule has 1 fully saturated rings. The van der Waals surface area contributed by atoms with Crippen molar-refractivity contribution in [1.29, 1.82) is 0 Å². The van der Waals surface area contributed by atoms with Gasteiger partial charge < -0.3 is 5.11 Å². The maximum Gasteiger partial charge on any atom is 0.303 e. The van der Waals surface area contributed by atoms with Crippen molar-refractivity contribution in [3.63, 3.8) is 0 Å². The van der Waals surface area contributed by atoms with E-state index in [1.807, 2.05) is 6.08 Å². The van der Waals surface area contributed by atoms with Crippen LogP contribution in [0.2, 0.25) is 0 Å². The molecule has 0 heterocycles. The van der Waals surface area contributed by atoms with E-state index >= 15 is 0 Å². The molecule has 0 aromatic heterocycles. The van der Waals surface area contributed by atoms with Crippen molar-refractivity contribution in [1.82, 2.24) is 0 Å². The Hall–Kier alpha value is -1.45. The number of carbonyl (C=O) groups is 3. The van der Waals surface area contributed by atoms with Crippen LogP contribution in [0.4, 0.5) is 0 Å². The quantitative estimate of drug-likeness (QED) is 0.390. The average Bonchev–Trinajstić information content (AvgIpc) is 2.90. The maximum absolute atomic E-state index is 12.1. The molecular formula is C20H32O4. The smallest absolute Gasteiger partial charge is 0.303 e. The number of allylic oxidation sites excluding steroid dienone is 2. The number of Topliss-reactive ketones (excluding diaryl/α,β-unsaturated/α-hetero) is 1. The van der Waals surface area contributed by atoms with Crippen LogP contribution >= 0.6 is 0 Å². The van der Waals surface area contributed by atoms with Crippen molar-refractivity contribution in [3.05, 3.63) is 12.2 Å². The minimum Gasteiger partial charge on any atom is -0.481 e. The molecule has 2 unspecified atom stereocenters. The number of unbranched alkanes of at least 4 members (excludes halogenated alkanes) is 5. The molecule has 1 N–H and O–H groups in total. The Labute approximate surface area is 145 Å². The van der Waals surface area contributed by atoms with Crippen LogP contribution in [0.25, 0.3) is 0 Å². The fraction of sp³-hybridized carbons (Fsp3) is 0.750. The zero-order chi connectivity index (χ0) is 17.8. The van der Waals surface area contributed by atoms with Gasteiger partial charge >= 0.3 is 5.97 Å². The first-order chi connectivity index (χ1) is 11.5. The summed E-state index contributed by atoms with van der Waals surface area (Å²) in [6.45, 7) is 2.07. The highest BCUT2D eigenvalue weighted by atomic mass is 16.4. The molecule has 24 heavy (non-hydrogen) atoms. The number of carbonyl (C=O) groups excluding carboxylic acids is 2. The van der Waals surface area contributed by atoms with E-state index in [9.17, 15) is 14.4 Å². The summed E-state index contributed by atoms with van der Waals surface area (Å²) in [5, 5.41) is 8.59. The highest BCUT2D eigenvalue weighted by Crippen LogP contribution is 2.33. The van der Waals surface area contributed by atoms with E-state index in [-0.39, 0.29) is 24.0 Å². The van der Waals surface area contributed by atoms with E-state index in [4.69, 9.17) is 5.11 Å². The Bertz CT molecular complexity index is 439. The Morgan fingerprint density at radius 3 is 2.50 bits per heavy atom. The molecule has 0 aliphatic heterocycles. The molecule has 1 saturated carbocycles. The molecule has 0 amide bonds. The third kappa shape index (κ3) is 8.42. The summed E-state index contributed by atoms with van der Waals surface area (Å²) >= 11 is 0. The largest absolute Gasteiger partial charge is 0.481 e. The summed E-state index contributed by atoms with van der Waals surface area (Å²) in [5.41, 5.74) is 0. The van der Waals surface area contributed by atoms with Crippen LogP contribution in [0.15, 0.2) is 12.2 Å². The second kappa shape index (κ2) is 12.0. The third-order valence-electron chi connectivity index (χ3n) is 4.87. The van der Waals surface area contributed by atoms with Crippen LogP contribution in [0, 0.1) is 11.8 Å². The topological polar surface area (TPSA) is 71.4 Å². The van der Waals surface area contributed by atoms with Gasteiger partial charge in [0, 0.05) is 25.2 Å². The predicted octanol–water partition coefficient (Wildman–Crippen LogP) is 4.71. The van der Waals surface area contributed by atoms with Crippen molar-refractivity contribution in [3.8, 4) is 0 Å². The molecule has 2 atom stereocenters. The molecule has 4 heteroatoms. The molecule has 1 aliphatic carbocycles. The summed E-state index contributed by atoms with van der Waals surface area (Å²) in [6.07, 6.45) is 13.7. The second-order valence-corrected chi connectivity index (χ2v) is 6.90. The van der Waals surface area contributed by atoms with Gasteiger partial charge in [-0.15, -0.1) is 0 Å². The fourth-order valence-electron chi connectivity index (χ4n) is 3.38. The number of rotatable bonds is 13. The van der Waals surface area contributed by atoms with E-state index in [0.29, 0.717) is 18.6 Å². The number of hydrogen-bond donors (Lipinski definition) is 1. The van der Waals surface area contributed by atoms with Gasteiger partial charge in [0.05, 0.1) is 0 Å². The molecule has 0 aromatic rings. The normalized spacial score (nSPS) is 20.8. The highest BCUT2D eigenvalue weighted by molar-refractivity contribution is 5.90. The first-order valence-corrected chi connectivity index (χ1v) is 9.50. The van der Waals surface area contributed by atoms with Crippen molar-refractivity contribution >= 4 is 17.5 Å². The van der Waals surface area contributed by atoms with E-state index < -0.39 is 5.97 Å². The van der Waals surface area contributed by atoms with Gasteiger partial charge in [-0.3, -0.25) is 14.4 Å². The number of ketones is 2. The number of aliphatic carboxylic acids is 1. The van der Waals surface area contributed by atoms with Crippen LogP contribution in [-0.4, -0.2) is 22.6 Å². The maximum atomic E-state index is 12.1. The monoisotopic (exact) mass is 336 g/mol. The van der Waals surface area contributed by atoms with Crippen LogP contribution < -0.4 is 0 Å². The molecule has 136 valence electrons. The average molecular weight is 336 g/mol. The summed E-state index contributed by atoms with van der Waals surface area (Å²) in [7, 11) is 0. The van der Waals surface area contributed by atoms with Crippen molar-refractivity contribution in [2.75, 3.05) is 0 Å². The number of carboxylic acid groups (broad SMARTS) is 1. The summed E-state index contributed by atoms with van der Waals surface area (Å²) in [5.74, 6) is 0.105. The first-order valence-electron chi connectivity index (χ1n) is 9.50. The van der Waals surface area contributed by atoms with E-state index in [1.54, 1.807) is 6.08 Å². The molecule has 1 rings (SSSR count). The van der Waals surface area contributed by atoms with E-state index in [2.05, 4.69) is 6.92 Å². The van der Waals surface area contributed by atoms with Crippen molar-refractivity contribution in [2.24, 2.45) is 11.8 Å². The van der Waals surface area contributed by atoms with Crippen LogP contribution in [0.3, 0.4) is 0 Å². The molecule has 1 aliphatic rings. The molecule has 0 radical (unpaired) electrons. The molecule has 0 aromatic carbocycles. The van der Waals surface area contributed by atoms with Gasteiger partial charge in [0.2, 0.25) is 0 Å². The standard InChI is InChI=1S/C20H32O4/c1-2-3-9-17(21)14-12-16-13-15-19(22)18(16)10-7-5-4-6-8-11-20(23)24/h12,14,16,18H,2-11,13,15H2,1H3,(H,23,24)/b14-12+. The lowest BCUT2D eigenvalue weighted by atomic mass is 9.89. The van der Waals surface area contributed by atoms with Gasteiger partial charge in [0.15, 0.2) is 5.78 Å². The van der Waals surface area contributed by atoms with E-state index in [1.165, 1.54) is 0 Å². The zero-order valence-electron chi connectivity index (χ0n) is 15.0. The minimum atomic E-state index is -0.727. The molecule has 0 saturated heterocycles. The predicted molar refractivity (Wildman–Crippen MR) is 94.8 cm³/mol. The lowest BCUT2D eigenvalue weighted by Gasteiger charge is -2.14. The second-order valence-electron chi connectivity index (χ2n) is 6.90. The number of hydrogen-bond acceptors (Lipinski definition) is 3. The summed E-state index contributed by atoms with van der Waals surface area (Å²) in [6, 6.07) is 0. The number of carboxylic acids is 1. The van der Waals surface area contributed by atoms with Crippen molar-refractivity contribution in [2.45, 2.75) is 84.0 Å².